The first kappa shape index (κ1) is 44.1. The highest BCUT2D eigenvalue weighted by atomic mass is 32.1. The van der Waals surface area contributed by atoms with Gasteiger partial charge in [-0.15, -0.1) is 0 Å². The van der Waals surface area contributed by atoms with E-state index in [1.165, 1.54) is 62.6 Å². The van der Waals surface area contributed by atoms with Gasteiger partial charge >= 0.3 is 5.66 Å². The van der Waals surface area contributed by atoms with Crippen LogP contribution in [0, 0.1) is 43.0 Å². The lowest BCUT2D eigenvalue weighted by Gasteiger charge is -2.43. The summed E-state index contributed by atoms with van der Waals surface area (Å²) in [6.07, 6.45) is 4.31. The predicted molar refractivity (Wildman–Crippen MR) is 226 cm³/mol. The summed E-state index contributed by atoms with van der Waals surface area (Å²) in [6, 6.07) is 16.1. The average molecular weight is 852 g/mol. The minimum atomic E-state index is -1.01. The quantitative estimate of drug-likeness (QED) is 0.0734. The first-order valence-electron chi connectivity index (χ1n) is 18.0. The maximum atomic E-state index is 14.7. The zero-order chi connectivity index (χ0) is 43.8. The van der Waals surface area contributed by atoms with Gasteiger partial charge in [-0.05, 0) is 111 Å². The van der Waals surface area contributed by atoms with E-state index in [1.54, 1.807) is 11.0 Å². The second kappa shape index (κ2) is 18.7. The normalized spacial score (nSPS) is 15.1. The Morgan fingerprint density at radius 1 is 0.767 bits per heavy atom. The molecule has 0 aromatic heterocycles. The van der Waals surface area contributed by atoms with Gasteiger partial charge in [-0.1, -0.05) is 12.1 Å². The summed E-state index contributed by atoms with van der Waals surface area (Å²) in [5, 5.41) is 9.86. The van der Waals surface area contributed by atoms with Gasteiger partial charge in [-0.2, -0.15) is 4.99 Å². The lowest BCUT2D eigenvalue weighted by atomic mass is 9.75. The molecule has 7 rings (SSSR count). The lowest BCUT2D eigenvalue weighted by Crippen LogP contribution is -2.55. The summed E-state index contributed by atoms with van der Waals surface area (Å²) in [4.78, 5) is 52.4. The molecule has 0 bridgehead atoms. The summed E-state index contributed by atoms with van der Waals surface area (Å²) in [5.74, 6) is -4.04. The first-order valence-corrected chi connectivity index (χ1v) is 18.8. The van der Waals surface area contributed by atoms with Crippen molar-refractivity contribution in [3.05, 3.63) is 141 Å². The standard InChI is InChI=1S/C21H16F2N4O2S.C13H14FN3O.C8H3FN2S/c1-24-12-4-7-17(16(23)10-12)26-19(29)21(8-3-9-21)27(20(26)30)13-5-6-14(15(22)11-13)18(28)25-2;1-15-12(18)10-5-4-9(8-11(10)14)17-13(16-2)6-3-7-13;1-10-6-2-3-8(11-5-12)7(9)4-6/h4-7,10-11H,3,8-9H2,2H3,(H,25,28);4-5,8,17H,3,6-7H2,1H3,(H,15,18);2-4H. The van der Waals surface area contributed by atoms with Gasteiger partial charge in [0.05, 0.1) is 35.1 Å². The van der Waals surface area contributed by atoms with Crippen molar-refractivity contribution in [3.63, 3.8) is 0 Å². The van der Waals surface area contributed by atoms with Gasteiger partial charge in [-0.25, -0.2) is 33.8 Å². The highest BCUT2D eigenvalue weighted by Gasteiger charge is 2.60. The van der Waals surface area contributed by atoms with Crippen molar-refractivity contribution in [2.24, 2.45) is 4.99 Å². The van der Waals surface area contributed by atoms with Crippen molar-refractivity contribution in [2.45, 2.75) is 49.7 Å². The number of benzene rings is 4. The molecule has 1 saturated heterocycles. The number of hydrogen-bond acceptors (Lipinski definition) is 7. The number of amides is 3. The van der Waals surface area contributed by atoms with E-state index in [0.29, 0.717) is 24.2 Å². The summed E-state index contributed by atoms with van der Waals surface area (Å²) < 4.78 is 55.9. The number of nitrogens with one attached hydrogen (secondary N) is 3. The second-order valence-corrected chi connectivity index (χ2v) is 14.0. The number of aliphatic imine (C=N–C) groups is 1. The fourth-order valence-electron chi connectivity index (χ4n) is 6.56. The van der Waals surface area contributed by atoms with Gasteiger partial charge in [0, 0.05) is 38.3 Å². The van der Waals surface area contributed by atoms with E-state index in [0.717, 1.165) is 48.8 Å². The third-order valence-electron chi connectivity index (χ3n) is 10.0. The summed E-state index contributed by atoms with van der Waals surface area (Å²) in [5.41, 5.74) is -0.441. The molecule has 0 atom stereocenters. The van der Waals surface area contributed by atoms with Crippen molar-refractivity contribution in [2.75, 3.05) is 29.2 Å². The van der Waals surface area contributed by atoms with Crippen molar-refractivity contribution >= 4 is 86.6 Å². The molecule has 1 heterocycles. The molecule has 0 unspecified atom stereocenters. The molecule has 304 valence electrons. The maximum Gasteiger partial charge on any atom is 0.305 e. The van der Waals surface area contributed by atoms with Crippen LogP contribution >= 0.6 is 24.4 Å². The zero-order valence-corrected chi connectivity index (χ0v) is 33.5. The molecular formula is C42H33F4N9O3S2. The molecule has 12 nitrogen and oxygen atoms in total. The van der Waals surface area contributed by atoms with E-state index in [1.807, 2.05) is 0 Å². The number of hydrogen-bond donors (Lipinski definition) is 3. The molecule has 60 heavy (non-hydrogen) atoms. The van der Waals surface area contributed by atoms with Crippen LogP contribution in [0.5, 0.6) is 0 Å². The van der Waals surface area contributed by atoms with Crippen LogP contribution < -0.4 is 25.8 Å². The SMILES string of the molecule is [C-]#[N+]C1(Nc2ccc(C(=O)NC)c(F)c2)CCC1.[C-]#[N+]c1ccc(N2C(=O)C3(CCC3)N(c3ccc(C(=O)NC)c(F)c3)C2=S)c(F)c1.[C-]#[N+]c1ccc(N=C=S)c(F)c1. The number of thiocarbonyl (C=S) groups is 2. The van der Waals surface area contributed by atoms with Gasteiger partial charge in [-0.3, -0.25) is 24.1 Å². The van der Waals surface area contributed by atoms with Crippen LogP contribution in [0.4, 0.5) is 51.7 Å². The Morgan fingerprint density at radius 3 is 1.78 bits per heavy atom. The van der Waals surface area contributed by atoms with E-state index >= 15 is 0 Å². The molecule has 4 aromatic carbocycles. The fraction of sp³-hybridized carbons (Fsp3) is 0.238. The van der Waals surface area contributed by atoms with Crippen molar-refractivity contribution < 1.29 is 31.9 Å². The number of anilines is 3. The lowest BCUT2D eigenvalue weighted by molar-refractivity contribution is -0.123. The Labute approximate surface area is 353 Å². The van der Waals surface area contributed by atoms with Crippen LogP contribution in [0.15, 0.2) is 77.8 Å². The summed E-state index contributed by atoms with van der Waals surface area (Å²) in [6.45, 7) is 20.8. The third kappa shape index (κ3) is 8.84. The molecule has 1 aliphatic heterocycles. The molecule has 0 radical (unpaired) electrons. The van der Waals surface area contributed by atoms with Crippen LogP contribution in [0.2, 0.25) is 0 Å². The highest BCUT2D eigenvalue weighted by Crippen LogP contribution is 2.48. The molecular weight excluding hydrogens is 819 g/mol. The van der Waals surface area contributed by atoms with Crippen LogP contribution in [0.3, 0.4) is 0 Å². The van der Waals surface area contributed by atoms with Gasteiger partial charge in [0.1, 0.15) is 34.5 Å². The fourth-order valence-corrected chi connectivity index (χ4v) is 7.12. The van der Waals surface area contributed by atoms with Crippen LogP contribution in [-0.2, 0) is 4.79 Å². The van der Waals surface area contributed by atoms with E-state index in [2.05, 4.69) is 52.9 Å². The Kier molecular flexibility index (Phi) is 13.7. The summed E-state index contributed by atoms with van der Waals surface area (Å²) in [7, 11) is 2.86. The number of isothiocyanates is 1. The molecule has 2 saturated carbocycles. The smallest absolute Gasteiger partial charge is 0.305 e. The molecule has 2 aliphatic carbocycles. The third-order valence-corrected chi connectivity index (χ3v) is 10.5. The summed E-state index contributed by atoms with van der Waals surface area (Å²) >= 11 is 9.84. The number of nitrogens with zero attached hydrogens (tertiary/aromatic N) is 6. The Morgan fingerprint density at radius 2 is 1.33 bits per heavy atom. The highest BCUT2D eigenvalue weighted by molar-refractivity contribution is 7.81. The predicted octanol–water partition coefficient (Wildman–Crippen LogP) is 9.44. The molecule has 3 amide bonds. The molecule has 4 aromatic rings. The Hall–Kier alpha value is -7.03. The van der Waals surface area contributed by atoms with Crippen LogP contribution in [-0.4, -0.2) is 53.3 Å². The Bertz CT molecular complexity index is 2570. The van der Waals surface area contributed by atoms with Crippen molar-refractivity contribution in [1.82, 2.24) is 10.6 Å². The monoisotopic (exact) mass is 851 g/mol. The number of rotatable bonds is 7. The largest absolute Gasteiger partial charge is 0.355 e. The topological polar surface area (TPSA) is 119 Å². The maximum absolute atomic E-state index is 14.7. The van der Waals surface area contributed by atoms with Crippen molar-refractivity contribution in [1.29, 1.82) is 0 Å². The number of carbonyl (C=O) groups excluding carboxylic acids is 3. The van der Waals surface area contributed by atoms with Crippen molar-refractivity contribution in [3.8, 4) is 0 Å². The van der Waals surface area contributed by atoms with E-state index in [-0.39, 0.29) is 44.9 Å². The Balaban J connectivity index is 0.000000192. The van der Waals surface area contributed by atoms with E-state index < -0.39 is 46.3 Å². The molecule has 18 heteroatoms. The van der Waals surface area contributed by atoms with E-state index in [4.69, 9.17) is 31.9 Å². The number of halogens is 4. The van der Waals surface area contributed by atoms with Gasteiger partial charge in [0.15, 0.2) is 16.5 Å². The molecule has 3 fully saturated rings. The molecule has 1 spiro atoms. The van der Waals surface area contributed by atoms with Crippen LogP contribution in [0.1, 0.15) is 59.2 Å². The second-order valence-electron chi connectivity index (χ2n) is 13.5. The van der Waals surface area contributed by atoms with Gasteiger partial charge < -0.3 is 20.9 Å². The minimum Gasteiger partial charge on any atom is -0.355 e. The van der Waals surface area contributed by atoms with E-state index in [9.17, 15) is 31.9 Å². The van der Waals surface area contributed by atoms with Gasteiger partial charge in [0.25, 0.3) is 17.7 Å². The van der Waals surface area contributed by atoms with Crippen LogP contribution in [0.25, 0.3) is 14.5 Å². The minimum absolute atomic E-state index is 0.00789. The average Bonchev–Trinajstić information content (AvgIpc) is 3.45. The molecule has 3 N–H and O–H groups in total. The zero-order valence-electron chi connectivity index (χ0n) is 31.9. The number of carbonyl (C=O) groups is 3. The van der Waals surface area contributed by atoms with Gasteiger partial charge in [0.2, 0.25) is 0 Å². The molecule has 3 aliphatic rings. The first-order chi connectivity index (χ1) is 28.7.